The van der Waals surface area contributed by atoms with Crippen molar-refractivity contribution in [2.75, 3.05) is 18.5 Å². The first kappa shape index (κ1) is 21.0. The van der Waals surface area contributed by atoms with Gasteiger partial charge in [-0.1, -0.05) is 0 Å². The third kappa shape index (κ3) is 4.10. The van der Waals surface area contributed by atoms with E-state index in [1.807, 2.05) is 30.9 Å². The smallest absolute Gasteiger partial charge is 0.264 e. The van der Waals surface area contributed by atoms with Crippen LogP contribution in [0, 0.1) is 6.92 Å². The topological polar surface area (TPSA) is 70.2 Å². The predicted octanol–water partition coefficient (Wildman–Crippen LogP) is 5.86. The highest BCUT2D eigenvalue weighted by Gasteiger charge is 2.31. The fourth-order valence-corrected chi connectivity index (χ4v) is 5.41. The molecule has 0 bridgehead atoms. The van der Waals surface area contributed by atoms with Gasteiger partial charge in [-0.15, -0.1) is 11.3 Å². The van der Waals surface area contributed by atoms with Crippen LogP contribution in [0.2, 0.25) is 0 Å². The Morgan fingerprint density at radius 3 is 3.03 bits per heavy atom. The van der Waals surface area contributed by atoms with Crippen molar-refractivity contribution < 1.29 is 9.53 Å². The van der Waals surface area contributed by atoms with Crippen LogP contribution < -0.4 is 5.32 Å². The second-order valence-electron chi connectivity index (χ2n) is 8.74. The minimum Gasteiger partial charge on any atom is -0.377 e. The summed E-state index contributed by atoms with van der Waals surface area (Å²) in [5.41, 5.74) is 5.08. The van der Waals surface area contributed by atoms with Crippen molar-refractivity contribution in [3.63, 3.8) is 0 Å². The third-order valence-electron chi connectivity index (χ3n) is 5.92. The lowest BCUT2D eigenvalue weighted by atomic mass is 10.2. The van der Waals surface area contributed by atoms with E-state index in [4.69, 9.17) is 4.74 Å². The van der Waals surface area contributed by atoms with Crippen LogP contribution in [0.15, 0.2) is 42.6 Å². The Hall–Kier alpha value is -2.90. The molecular formula is C25H28N4O2S. The molecule has 166 valence electrons. The predicted molar refractivity (Wildman–Crippen MR) is 131 cm³/mol. The molecule has 32 heavy (non-hydrogen) atoms. The van der Waals surface area contributed by atoms with Gasteiger partial charge in [0.25, 0.3) is 5.91 Å². The molecule has 4 aromatic rings. The number of nitrogens with one attached hydrogen (secondary N) is 2. The standard InChI is InChI=1S/C25H28N4O2S/c1-15(2)31-14-19-5-4-10-29(19)25(30)23-13-22-24(32-23)21(8-9-26-22)28-18-6-7-20-17(12-18)11-16(3)27-20/h6-9,11-13,15,19,27H,4-5,10,14H2,1-3H3,(H,26,28). The van der Waals surface area contributed by atoms with Gasteiger partial charge >= 0.3 is 0 Å². The van der Waals surface area contributed by atoms with Crippen LogP contribution in [0.1, 0.15) is 42.1 Å². The molecule has 1 atom stereocenters. The molecule has 0 aliphatic carbocycles. The molecule has 1 saturated heterocycles. The highest BCUT2D eigenvalue weighted by atomic mass is 32.1. The highest BCUT2D eigenvalue weighted by Crippen LogP contribution is 2.34. The zero-order chi connectivity index (χ0) is 22.2. The average molecular weight is 449 g/mol. The number of carbonyl (C=O) groups is 1. The molecule has 1 aliphatic heterocycles. The average Bonchev–Trinajstić information content (AvgIpc) is 3.48. The summed E-state index contributed by atoms with van der Waals surface area (Å²) < 4.78 is 6.80. The van der Waals surface area contributed by atoms with Gasteiger partial charge in [0.15, 0.2) is 0 Å². The Morgan fingerprint density at radius 1 is 1.31 bits per heavy atom. The minimum absolute atomic E-state index is 0.0815. The molecule has 0 saturated carbocycles. The number of amides is 1. The fourth-order valence-electron chi connectivity index (χ4n) is 4.37. The first-order chi connectivity index (χ1) is 15.5. The van der Waals surface area contributed by atoms with Gasteiger partial charge < -0.3 is 19.9 Å². The summed E-state index contributed by atoms with van der Waals surface area (Å²) in [5, 5.41) is 4.69. The Bertz CT molecular complexity index is 1280. The Labute approximate surface area is 191 Å². The van der Waals surface area contributed by atoms with Gasteiger partial charge in [-0.2, -0.15) is 0 Å². The number of likely N-dealkylation sites (tertiary alicyclic amines) is 1. The molecule has 5 rings (SSSR count). The molecule has 4 heterocycles. The highest BCUT2D eigenvalue weighted by molar-refractivity contribution is 7.21. The number of carbonyl (C=O) groups excluding carboxylic acids is 1. The summed E-state index contributed by atoms with van der Waals surface area (Å²) in [6.45, 7) is 7.50. The molecule has 0 spiro atoms. The number of hydrogen-bond acceptors (Lipinski definition) is 5. The third-order valence-corrected chi connectivity index (χ3v) is 7.06. The van der Waals surface area contributed by atoms with Crippen LogP contribution in [-0.2, 0) is 4.74 Å². The monoisotopic (exact) mass is 448 g/mol. The van der Waals surface area contributed by atoms with E-state index in [-0.39, 0.29) is 18.1 Å². The summed E-state index contributed by atoms with van der Waals surface area (Å²) in [5.74, 6) is 0.0815. The van der Waals surface area contributed by atoms with Crippen LogP contribution >= 0.6 is 11.3 Å². The second-order valence-corrected chi connectivity index (χ2v) is 9.79. The lowest BCUT2D eigenvalue weighted by molar-refractivity contribution is 0.0328. The van der Waals surface area contributed by atoms with E-state index in [9.17, 15) is 4.79 Å². The molecular weight excluding hydrogens is 420 g/mol. The maximum atomic E-state index is 13.3. The molecule has 1 aromatic carbocycles. The number of hydrogen-bond donors (Lipinski definition) is 2. The lowest BCUT2D eigenvalue weighted by Crippen LogP contribution is -2.38. The fraction of sp³-hybridized carbons (Fsp3) is 0.360. The van der Waals surface area contributed by atoms with E-state index in [0.29, 0.717) is 6.61 Å². The number of ether oxygens (including phenoxy) is 1. The van der Waals surface area contributed by atoms with E-state index in [0.717, 1.165) is 57.1 Å². The largest absolute Gasteiger partial charge is 0.377 e. The van der Waals surface area contributed by atoms with Crippen molar-refractivity contribution in [3.05, 3.63) is 53.2 Å². The van der Waals surface area contributed by atoms with Gasteiger partial charge in [0, 0.05) is 35.0 Å². The maximum absolute atomic E-state index is 13.3. The first-order valence-corrected chi connectivity index (χ1v) is 12.0. The van der Waals surface area contributed by atoms with Crippen molar-refractivity contribution in [2.45, 2.75) is 45.8 Å². The number of fused-ring (bicyclic) bond motifs is 2. The van der Waals surface area contributed by atoms with E-state index in [1.165, 1.54) is 16.7 Å². The number of H-pyrrole nitrogens is 1. The van der Waals surface area contributed by atoms with Crippen molar-refractivity contribution in [1.29, 1.82) is 0 Å². The first-order valence-electron chi connectivity index (χ1n) is 11.2. The molecule has 1 amide bonds. The lowest BCUT2D eigenvalue weighted by Gasteiger charge is -2.24. The van der Waals surface area contributed by atoms with E-state index < -0.39 is 0 Å². The summed E-state index contributed by atoms with van der Waals surface area (Å²) in [6, 6.07) is 12.5. The maximum Gasteiger partial charge on any atom is 0.264 e. The van der Waals surface area contributed by atoms with E-state index in [2.05, 4.69) is 46.5 Å². The minimum atomic E-state index is 0.0815. The van der Waals surface area contributed by atoms with E-state index >= 15 is 0 Å². The normalized spacial score (nSPS) is 16.5. The number of pyridine rings is 1. The van der Waals surface area contributed by atoms with Crippen molar-refractivity contribution >= 4 is 49.7 Å². The van der Waals surface area contributed by atoms with Crippen LogP contribution in [0.5, 0.6) is 0 Å². The van der Waals surface area contributed by atoms with Crippen LogP contribution in [0.3, 0.4) is 0 Å². The molecule has 7 heteroatoms. The Kier molecular flexibility index (Phi) is 5.61. The van der Waals surface area contributed by atoms with Crippen molar-refractivity contribution in [3.8, 4) is 0 Å². The summed E-state index contributed by atoms with van der Waals surface area (Å²) >= 11 is 1.51. The number of aromatic nitrogens is 2. The number of rotatable bonds is 6. The van der Waals surface area contributed by atoms with Gasteiger partial charge in [0.2, 0.25) is 0 Å². The Balaban J connectivity index is 1.40. The van der Waals surface area contributed by atoms with Gasteiger partial charge in [0.05, 0.1) is 39.5 Å². The van der Waals surface area contributed by atoms with Crippen LogP contribution in [-0.4, -0.2) is 46.1 Å². The number of anilines is 2. The van der Waals surface area contributed by atoms with Crippen LogP contribution in [0.4, 0.5) is 11.4 Å². The molecule has 1 fully saturated rings. The zero-order valence-corrected chi connectivity index (χ0v) is 19.5. The SMILES string of the molecule is Cc1cc2cc(Nc3ccnc4cc(C(=O)N5CCCC5COC(C)C)sc34)ccc2[nH]1. The number of aromatic amines is 1. The number of thiophene rings is 1. The molecule has 1 unspecified atom stereocenters. The molecule has 0 radical (unpaired) electrons. The summed E-state index contributed by atoms with van der Waals surface area (Å²) in [6.07, 6.45) is 3.98. The Morgan fingerprint density at radius 2 is 2.19 bits per heavy atom. The van der Waals surface area contributed by atoms with E-state index in [1.54, 1.807) is 6.20 Å². The molecule has 6 nitrogen and oxygen atoms in total. The van der Waals surface area contributed by atoms with Gasteiger partial charge in [-0.3, -0.25) is 9.78 Å². The quantitative estimate of drug-likeness (QED) is 0.388. The molecule has 1 aliphatic rings. The van der Waals surface area contributed by atoms with Gasteiger partial charge in [-0.25, -0.2) is 0 Å². The zero-order valence-electron chi connectivity index (χ0n) is 18.6. The second kappa shape index (κ2) is 8.56. The van der Waals surface area contributed by atoms with Crippen molar-refractivity contribution in [2.24, 2.45) is 0 Å². The number of benzene rings is 1. The van der Waals surface area contributed by atoms with Crippen molar-refractivity contribution in [1.82, 2.24) is 14.9 Å². The van der Waals surface area contributed by atoms with Gasteiger partial charge in [0.1, 0.15) is 0 Å². The molecule has 2 N–H and O–H groups in total. The summed E-state index contributed by atoms with van der Waals surface area (Å²) in [7, 11) is 0. The number of aryl methyl sites for hydroxylation is 1. The molecule has 3 aromatic heterocycles. The van der Waals surface area contributed by atoms with Gasteiger partial charge in [-0.05, 0) is 70.0 Å². The summed E-state index contributed by atoms with van der Waals surface area (Å²) in [4.78, 5) is 23.9. The van der Waals surface area contributed by atoms with Crippen LogP contribution in [0.25, 0.3) is 21.1 Å². The number of nitrogens with zero attached hydrogens (tertiary/aromatic N) is 2.